The summed E-state index contributed by atoms with van der Waals surface area (Å²) in [4.78, 5) is 25.9. The van der Waals surface area contributed by atoms with Gasteiger partial charge in [-0.2, -0.15) is 0 Å². The number of rotatable bonds is 4. The molecule has 0 aliphatic carbocycles. The fourth-order valence-electron chi connectivity index (χ4n) is 2.45. The van der Waals surface area contributed by atoms with Gasteiger partial charge in [0, 0.05) is 18.8 Å². The van der Waals surface area contributed by atoms with Crippen molar-refractivity contribution in [1.82, 2.24) is 10.2 Å². The van der Waals surface area contributed by atoms with Gasteiger partial charge in [0.15, 0.2) is 0 Å². The van der Waals surface area contributed by atoms with Crippen molar-refractivity contribution < 1.29 is 9.59 Å². The molecule has 2 rings (SSSR count). The van der Waals surface area contributed by atoms with E-state index in [0.717, 1.165) is 6.42 Å². The summed E-state index contributed by atoms with van der Waals surface area (Å²) >= 11 is 0. The van der Waals surface area contributed by atoms with Crippen molar-refractivity contribution >= 4 is 17.6 Å². The Balaban J connectivity index is 1.82. The molecule has 2 atom stereocenters. The second-order valence-electron chi connectivity index (χ2n) is 5.36. The van der Waals surface area contributed by atoms with Gasteiger partial charge in [-0.25, -0.2) is 4.79 Å². The third-order valence-electron chi connectivity index (χ3n) is 3.68. The molecule has 1 aliphatic rings. The van der Waals surface area contributed by atoms with Crippen LogP contribution in [-0.2, 0) is 4.79 Å². The van der Waals surface area contributed by atoms with Gasteiger partial charge in [-0.05, 0) is 37.9 Å². The lowest BCUT2D eigenvalue weighted by atomic mass is 10.1. The fraction of sp³-hybridized carbons (Fsp3) is 0.467. The Hall–Kier alpha value is -2.08. The van der Waals surface area contributed by atoms with Crippen LogP contribution in [-0.4, -0.2) is 42.5 Å². The van der Waals surface area contributed by atoms with Crippen molar-refractivity contribution in [2.45, 2.75) is 19.4 Å². The fourth-order valence-corrected chi connectivity index (χ4v) is 2.45. The van der Waals surface area contributed by atoms with Crippen LogP contribution in [0.15, 0.2) is 30.3 Å². The number of benzene rings is 1. The summed E-state index contributed by atoms with van der Waals surface area (Å²) in [6, 6.07) is 8.19. The van der Waals surface area contributed by atoms with E-state index in [-0.39, 0.29) is 11.9 Å². The number of nitrogens with one attached hydrogen (secondary N) is 2. The number of likely N-dealkylation sites (tertiary alicyclic amines) is 1. The van der Waals surface area contributed by atoms with Crippen LogP contribution in [0.25, 0.3) is 0 Å². The Bertz CT molecular complexity index is 492. The number of carbonyl (C=O) groups is 2. The SMILES string of the molecule is CC(NC(=O)Nc1ccccc1)C(=O)N1CCC(CN)C1. The molecule has 1 heterocycles. The predicted octanol–water partition coefficient (Wildman–Crippen LogP) is 1.00. The van der Waals surface area contributed by atoms with Gasteiger partial charge in [-0.1, -0.05) is 18.2 Å². The molecule has 3 amide bonds. The van der Waals surface area contributed by atoms with Crippen LogP contribution in [0.2, 0.25) is 0 Å². The van der Waals surface area contributed by atoms with Crippen LogP contribution >= 0.6 is 0 Å². The van der Waals surface area contributed by atoms with E-state index < -0.39 is 6.04 Å². The van der Waals surface area contributed by atoms with Gasteiger partial charge in [-0.3, -0.25) is 4.79 Å². The first-order chi connectivity index (χ1) is 10.1. The van der Waals surface area contributed by atoms with Crippen LogP contribution in [0.3, 0.4) is 0 Å². The van der Waals surface area contributed by atoms with Crippen LogP contribution in [0.4, 0.5) is 10.5 Å². The highest BCUT2D eigenvalue weighted by Gasteiger charge is 2.28. The minimum absolute atomic E-state index is 0.0610. The van der Waals surface area contributed by atoms with Gasteiger partial charge in [0.05, 0.1) is 0 Å². The van der Waals surface area contributed by atoms with Crippen molar-refractivity contribution in [1.29, 1.82) is 0 Å². The number of carbonyl (C=O) groups excluding carboxylic acids is 2. The summed E-state index contributed by atoms with van der Waals surface area (Å²) < 4.78 is 0. The Labute approximate surface area is 124 Å². The molecule has 2 unspecified atom stereocenters. The largest absolute Gasteiger partial charge is 0.341 e. The topological polar surface area (TPSA) is 87.5 Å². The van der Waals surface area contributed by atoms with E-state index in [0.29, 0.717) is 31.2 Å². The maximum atomic E-state index is 12.2. The highest BCUT2D eigenvalue weighted by molar-refractivity contribution is 5.93. The van der Waals surface area contributed by atoms with E-state index in [4.69, 9.17) is 5.73 Å². The van der Waals surface area contributed by atoms with Gasteiger partial charge in [0.2, 0.25) is 5.91 Å². The molecular formula is C15H22N4O2. The third kappa shape index (κ3) is 4.19. The first kappa shape index (κ1) is 15.3. The number of hydrogen-bond donors (Lipinski definition) is 3. The smallest absolute Gasteiger partial charge is 0.319 e. The summed E-state index contributed by atoms with van der Waals surface area (Å²) in [5.74, 6) is 0.313. The first-order valence-electron chi connectivity index (χ1n) is 7.21. The average molecular weight is 290 g/mol. The quantitative estimate of drug-likeness (QED) is 0.773. The van der Waals surface area contributed by atoms with E-state index in [1.807, 2.05) is 18.2 Å². The highest BCUT2D eigenvalue weighted by Crippen LogP contribution is 2.15. The first-order valence-corrected chi connectivity index (χ1v) is 7.21. The van der Waals surface area contributed by atoms with Gasteiger partial charge in [-0.15, -0.1) is 0 Å². The molecule has 0 spiro atoms. The van der Waals surface area contributed by atoms with E-state index in [2.05, 4.69) is 10.6 Å². The van der Waals surface area contributed by atoms with Crippen LogP contribution < -0.4 is 16.4 Å². The summed E-state index contributed by atoms with van der Waals surface area (Å²) in [6.07, 6.45) is 0.936. The number of nitrogens with zero attached hydrogens (tertiary/aromatic N) is 1. The van der Waals surface area contributed by atoms with Gasteiger partial charge >= 0.3 is 6.03 Å². The molecule has 114 valence electrons. The molecule has 0 radical (unpaired) electrons. The molecule has 1 aromatic rings. The Morgan fingerprint density at radius 3 is 2.71 bits per heavy atom. The summed E-state index contributed by atoms with van der Waals surface area (Å²) in [5, 5.41) is 5.36. The lowest BCUT2D eigenvalue weighted by Gasteiger charge is -2.21. The molecule has 1 aromatic carbocycles. The molecule has 4 N–H and O–H groups in total. The molecule has 21 heavy (non-hydrogen) atoms. The molecule has 6 nitrogen and oxygen atoms in total. The van der Waals surface area contributed by atoms with Crippen molar-refractivity contribution in [3.05, 3.63) is 30.3 Å². The van der Waals surface area contributed by atoms with Crippen LogP contribution in [0.5, 0.6) is 0 Å². The number of nitrogens with two attached hydrogens (primary N) is 1. The van der Waals surface area contributed by atoms with Gasteiger partial charge in [0.1, 0.15) is 6.04 Å². The minimum atomic E-state index is -0.551. The van der Waals surface area contributed by atoms with Crippen molar-refractivity contribution in [2.75, 3.05) is 25.0 Å². The monoisotopic (exact) mass is 290 g/mol. The highest BCUT2D eigenvalue weighted by atomic mass is 16.2. The van der Waals surface area contributed by atoms with Crippen molar-refractivity contribution in [2.24, 2.45) is 11.7 Å². The molecule has 0 aromatic heterocycles. The van der Waals surface area contributed by atoms with Crippen molar-refractivity contribution in [3.8, 4) is 0 Å². The molecular weight excluding hydrogens is 268 g/mol. The Kier molecular flexibility index (Phi) is 5.16. The second kappa shape index (κ2) is 7.08. The normalized spacial score (nSPS) is 19.1. The maximum Gasteiger partial charge on any atom is 0.319 e. The molecule has 0 bridgehead atoms. The van der Waals surface area contributed by atoms with E-state index in [1.165, 1.54) is 0 Å². The van der Waals surface area contributed by atoms with Gasteiger partial charge < -0.3 is 21.3 Å². The number of anilines is 1. The van der Waals surface area contributed by atoms with Gasteiger partial charge in [0.25, 0.3) is 0 Å². The molecule has 0 saturated carbocycles. The van der Waals surface area contributed by atoms with E-state index in [9.17, 15) is 9.59 Å². The predicted molar refractivity (Wildman–Crippen MR) is 81.8 cm³/mol. The lowest BCUT2D eigenvalue weighted by Crippen LogP contribution is -2.47. The van der Waals surface area contributed by atoms with E-state index in [1.54, 1.807) is 24.0 Å². The Morgan fingerprint density at radius 2 is 2.10 bits per heavy atom. The number of amides is 3. The number of para-hydroxylation sites is 1. The molecule has 1 fully saturated rings. The van der Waals surface area contributed by atoms with Crippen molar-refractivity contribution in [3.63, 3.8) is 0 Å². The maximum absolute atomic E-state index is 12.2. The Morgan fingerprint density at radius 1 is 1.38 bits per heavy atom. The molecule has 1 saturated heterocycles. The zero-order valence-corrected chi connectivity index (χ0v) is 12.2. The van der Waals surface area contributed by atoms with Crippen LogP contribution in [0, 0.1) is 5.92 Å². The summed E-state index contributed by atoms with van der Waals surface area (Å²) in [6.45, 7) is 3.69. The number of urea groups is 1. The molecule has 1 aliphatic heterocycles. The average Bonchev–Trinajstić information content (AvgIpc) is 2.96. The standard InChI is InChI=1S/C15H22N4O2/c1-11(14(20)19-8-7-12(9-16)10-19)17-15(21)18-13-5-3-2-4-6-13/h2-6,11-12H,7-10,16H2,1H3,(H2,17,18,21). The minimum Gasteiger partial charge on any atom is -0.341 e. The zero-order chi connectivity index (χ0) is 15.2. The van der Waals surface area contributed by atoms with Crippen LogP contribution in [0.1, 0.15) is 13.3 Å². The van der Waals surface area contributed by atoms with E-state index >= 15 is 0 Å². The lowest BCUT2D eigenvalue weighted by molar-refractivity contribution is -0.131. The summed E-state index contributed by atoms with van der Waals surface area (Å²) in [7, 11) is 0. The molecule has 6 heteroatoms. The third-order valence-corrected chi connectivity index (χ3v) is 3.68. The number of hydrogen-bond acceptors (Lipinski definition) is 3. The summed E-state index contributed by atoms with van der Waals surface area (Å²) in [5.41, 5.74) is 6.31. The second-order valence-corrected chi connectivity index (χ2v) is 5.36. The zero-order valence-electron chi connectivity index (χ0n) is 12.2.